The smallest absolute Gasteiger partial charge is 0.160 e. The zero-order chi connectivity index (χ0) is 14.0. The van der Waals surface area contributed by atoms with E-state index < -0.39 is 30.5 Å². The molecule has 19 heavy (non-hydrogen) atoms. The molecule has 0 amide bonds. The van der Waals surface area contributed by atoms with Gasteiger partial charge in [0.2, 0.25) is 0 Å². The quantitative estimate of drug-likeness (QED) is 0.637. The second kappa shape index (κ2) is 5.88. The van der Waals surface area contributed by atoms with Crippen LogP contribution in [0.25, 0.3) is 0 Å². The molecule has 1 aromatic rings. The number of ether oxygens (including phenoxy) is 1. The summed E-state index contributed by atoms with van der Waals surface area (Å²) < 4.78 is 5.19. The molecule has 106 valence electrons. The average molecular weight is 268 g/mol. The van der Waals surface area contributed by atoms with Crippen molar-refractivity contribution in [3.63, 3.8) is 0 Å². The summed E-state index contributed by atoms with van der Waals surface area (Å²) in [5.74, 6) is -0.311. The Morgan fingerprint density at radius 1 is 1.05 bits per heavy atom. The lowest BCUT2D eigenvalue weighted by Crippen LogP contribution is -2.53. The van der Waals surface area contributed by atoms with Crippen molar-refractivity contribution in [2.24, 2.45) is 5.92 Å². The first-order valence-electron chi connectivity index (χ1n) is 6.46. The van der Waals surface area contributed by atoms with Crippen LogP contribution in [0.2, 0.25) is 0 Å². The summed E-state index contributed by atoms with van der Waals surface area (Å²) >= 11 is 0. The van der Waals surface area contributed by atoms with Crippen LogP contribution in [0.15, 0.2) is 24.3 Å². The predicted octanol–water partition coefficient (Wildman–Crippen LogP) is 0.400. The van der Waals surface area contributed by atoms with Gasteiger partial charge in [-0.1, -0.05) is 12.1 Å². The molecule has 0 bridgehead atoms. The van der Waals surface area contributed by atoms with E-state index in [1.807, 2.05) is 0 Å². The lowest BCUT2D eigenvalue weighted by atomic mass is 9.87. The molecule has 1 aliphatic heterocycles. The predicted molar refractivity (Wildman–Crippen MR) is 68.5 cm³/mol. The van der Waals surface area contributed by atoms with Crippen molar-refractivity contribution < 1.29 is 25.2 Å². The Balaban J connectivity index is 1.96. The number of hydrogen-bond acceptors (Lipinski definition) is 5. The van der Waals surface area contributed by atoms with E-state index in [9.17, 15) is 20.4 Å². The van der Waals surface area contributed by atoms with Crippen molar-refractivity contribution in [3.8, 4) is 5.75 Å². The van der Waals surface area contributed by atoms with Crippen LogP contribution in [0.4, 0.5) is 0 Å². The minimum atomic E-state index is -1.06. The second-order valence-corrected chi connectivity index (χ2v) is 5.08. The number of aryl methyl sites for hydroxylation is 1. The maximum atomic E-state index is 9.97. The Kier molecular flexibility index (Phi) is 4.42. The molecule has 5 nitrogen and oxygen atoms in total. The number of rotatable bonds is 3. The summed E-state index contributed by atoms with van der Waals surface area (Å²) in [6.45, 7) is 1.62. The minimum Gasteiger partial charge on any atom is -0.508 e. The van der Waals surface area contributed by atoms with Crippen molar-refractivity contribution >= 4 is 0 Å². The molecule has 0 radical (unpaired) electrons. The zero-order valence-corrected chi connectivity index (χ0v) is 10.8. The molecule has 5 heteroatoms. The summed E-state index contributed by atoms with van der Waals surface area (Å²) in [6.07, 6.45) is -2.48. The lowest BCUT2D eigenvalue weighted by Gasteiger charge is -2.39. The van der Waals surface area contributed by atoms with E-state index in [-0.39, 0.29) is 5.75 Å². The summed E-state index contributed by atoms with van der Waals surface area (Å²) in [5.41, 5.74) is 0.991. The van der Waals surface area contributed by atoms with Gasteiger partial charge in [0.05, 0.1) is 12.2 Å². The van der Waals surface area contributed by atoms with Gasteiger partial charge in [-0.05, 0) is 37.5 Å². The highest BCUT2D eigenvalue weighted by atomic mass is 16.6. The van der Waals surface area contributed by atoms with Gasteiger partial charge < -0.3 is 25.2 Å². The second-order valence-electron chi connectivity index (χ2n) is 5.08. The third-order valence-corrected chi connectivity index (χ3v) is 3.69. The Morgan fingerprint density at radius 2 is 1.68 bits per heavy atom. The molecule has 2 rings (SSSR count). The Hall–Kier alpha value is -1.14. The fourth-order valence-corrected chi connectivity index (χ4v) is 2.41. The molecule has 1 saturated heterocycles. The van der Waals surface area contributed by atoms with Crippen molar-refractivity contribution in [3.05, 3.63) is 29.8 Å². The molecule has 1 aromatic carbocycles. The van der Waals surface area contributed by atoms with Crippen LogP contribution in [0.3, 0.4) is 0 Å². The number of aromatic hydroxyl groups is 1. The first kappa shape index (κ1) is 14.3. The molecule has 0 saturated carbocycles. The molecule has 0 aromatic heterocycles. The van der Waals surface area contributed by atoms with Gasteiger partial charge in [0.25, 0.3) is 0 Å². The van der Waals surface area contributed by atoms with Gasteiger partial charge in [0, 0.05) is 5.92 Å². The van der Waals surface area contributed by atoms with E-state index in [1.165, 1.54) is 0 Å². The third kappa shape index (κ3) is 3.25. The molecule has 1 heterocycles. The molecular formula is C14H20O5. The van der Waals surface area contributed by atoms with Crippen molar-refractivity contribution in [2.45, 2.75) is 44.4 Å². The van der Waals surface area contributed by atoms with Crippen LogP contribution >= 0.6 is 0 Å². The highest BCUT2D eigenvalue weighted by Crippen LogP contribution is 2.28. The van der Waals surface area contributed by atoms with Gasteiger partial charge in [-0.3, -0.25) is 0 Å². The highest BCUT2D eigenvalue weighted by molar-refractivity contribution is 5.25. The molecular weight excluding hydrogens is 248 g/mol. The zero-order valence-electron chi connectivity index (χ0n) is 10.8. The fraction of sp³-hybridized carbons (Fsp3) is 0.571. The van der Waals surface area contributed by atoms with Crippen LogP contribution in [-0.4, -0.2) is 45.0 Å². The Bertz CT molecular complexity index is 405. The number of benzene rings is 1. The highest BCUT2D eigenvalue weighted by Gasteiger charge is 2.41. The van der Waals surface area contributed by atoms with Crippen molar-refractivity contribution in [1.82, 2.24) is 0 Å². The van der Waals surface area contributed by atoms with Gasteiger partial charge in [-0.2, -0.15) is 0 Å². The molecule has 4 N–H and O–H groups in total. The summed E-state index contributed by atoms with van der Waals surface area (Å²) in [5, 5.41) is 38.7. The monoisotopic (exact) mass is 268 g/mol. The van der Waals surface area contributed by atoms with Crippen molar-refractivity contribution in [2.75, 3.05) is 0 Å². The first-order valence-corrected chi connectivity index (χ1v) is 6.46. The maximum absolute atomic E-state index is 9.97. The fourth-order valence-electron chi connectivity index (χ4n) is 2.41. The van der Waals surface area contributed by atoms with Crippen LogP contribution in [0, 0.1) is 5.92 Å². The van der Waals surface area contributed by atoms with E-state index in [0.29, 0.717) is 12.8 Å². The van der Waals surface area contributed by atoms with Crippen LogP contribution in [-0.2, 0) is 11.2 Å². The van der Waals surface area contributed by atoms with E-state index in [4.69, 9.17) is 4.74 Å². The SMILES string of the molecule is C[C@@H]1OC(O)[C@@H](CCc2ccc(O)cc2)[C@H](O)[C@@H]1O. The van der Waals surface area contributed by atoms with Gasteiger partial charge >= 0.3 is 0 Å². The van der Waals surface area contributed by atoms with E-state index in [2.05, 4.69) is 0 Å². The molecule has 5 atom stereocenters. The molecule has 1 unspecified atom stereocenters. The standard InChI is InChI=1S/C14H20O5/c1-8-12(16)13(17)11(14(18)19-8)7-4-9-2-5-10(15)6-3-9/h2-3,5-6,8,11-18H,4,7H2,1H3/t8-,11-,12+,13-,14?/m0/s1. The molecule has 0 spiro atoms. The van der Waals surface area contributed by atoms with Gasteiger partial charge in [0.15, 0.2) is 6.29 Å². The molecule has 1 fully saturated rings. The summed E-state index contributed by atoms with van der Waals surface area (Å²) in [6, 6.07) is 6.76. The average Bonchev–Trinajstić information content (AvgIpc) is 2.38. The van der Waals surface area contributed by atoms with E-state index in [1.54, 1.807) is 31.2 Å². The normalized spacial score (nSPS) is 35.3. The van der Waals surface area contributed by atoms with Crippen LogP contribution < -0.4 is 0 Å². The lowest BCUT2D eigenvalue weighted by molar-refractivity contribution is -0.260. The molecule has 0 aliphatic carbocycles. The number of phenolic OH excluding ortho intramolecular Hbond substituents is 1. The topological polar surface area (TPSA) is 90.2 Å². The van der Waals surface area contributed by atoms with E-state index >= 15 is 0 Å². The summed E-state index contributed by atoms with van der Waals surface area (Å²) in [4.78, 5) is 0. The van der Waals surface area contributed by atoms with Crippen LogP contribution in [0.1, 0.15) is 18.9 Å². The third-order valence-electron chi connectivity index (χ3n) is 3.69. The van der Waals surface area contributed by atoms with Crippen LogP contribution in [0.5, 0.6) is 5.75 Å². The van der Waals surface area contributed by atoms with Gasteiger partial charge in [-0.25, -0.2) is 0 Å². The maximum Gasteiger partial charge on any atom is 0.160 e. The number of aliphatic hydroxyl groups is 3. The summed E-state index contributed by atoms with van der Waals surface area (Å²) in [7, 11) is 0. The molecule has 1 aliphatic rings. The van der Waals surface area contributed by atoms with E-state index in [0.717, 1.165) is 5.56 Å². The Labute approximate surface area is 112 Å². The first-order chi connectivity index (χ1) is 8.99. The number of phenols is 1. The largest absolute Gasteiger partial charge is 0.508 e. The minimum absolute atomic E-state index is 0.203. The number of hydrogen-bond donors (Lipinski definition) is 4. The van der Waals surface area contributed by atoms with Crippen molar-refractivity contribution in [1.29, 1.82) is 0 Å². The van der Waals surface area contributed by atoms with Gasteiger partial charge in [-0.15, -0.1) is 0 Å². The van der Waals surface area contributed by atoms with Gasteiger partial charge in [0.1, 0.15) is 11.9 Å². The number of aliphatic hydroxyl groups excluding tert-OH is 3. The Morgan fingerprint density at radius 3 is 2.32 bits per heavy atom.